The topological polar surface area (TPSA) is 43.6 Å². The molecule has 0 unspecified atom stereocenters. The van der Waals surface area contributed by atoms with E-state index in [0.717, 1.165) is 5.56 Å². The largest absolute Gasteiger partial charge is 0.275 e. The normalized spacial score (nSPS) is 11.2. The van der Waals surface area contributed by atoms with Crippen molar-refractivity contribution in [3.63, 3.8) is 0 Å². The highest BCUT2D eigenvalue weighted by atomic mass is 35.5. The predicted octanol–water partition coefficient (Wildman–Crippen LogP) is 3.31. The van der Waals surface area contributed by atoms with Crippen LogP contribution in [0.1, 0.15) is 25.3 Å². The van der Waals surface area contributed by atoms with Gasteiger partial charge in [-0.2, -0.15) is 5.10 Å². The fourth-order valence-electron chi connectivity index (χ4n) is 1.54. The minimum absolute atomic E-state index is 0.188. The zero-order valence-corrected chi connectivity index (χ0v) is 11.3. The summed E-state index contributed by atoms with van der Waals surface area (Å²) in [6.45, 7) is 3.99. The van der Waals surface area contributed by atoms with Crippen molar-refractivity contribution in [1.82, 2.24) is 19.7 Å². The van der Waals surface area contributed by atoms with E-state index >= 15 is 0 Å². The Bertz CT molecular complexity index is 525. The number of nitrogens with zero attached hydrogens (tertiary/aromatic N) is 4. The monoisotopic (exact) mass is 270 g/mol. The second-order valence-corrected chi connectivity index (χ2v) is 4.79. The molecule has 0 amide bonds. The first-order chi connectivity index (χ1) is 7.99. The third-order valence-corrected chi connectivity index (χ3v) is 2.95. The summed E-state index contributed by atoms with van der Waals surface area (Å²) in [4.78, 5) is 8.47. The highest BCUT2D eigenvalue weighted by molar-refractivity contribution is 6.34. The lowest BCUT2D eigenvalue weighted by Gasteiger charge is -2.09. The predicted molar refractivity (Wildman–Crippen MR) is 68.3 cm³/mol. The molecule has 0 aliphatic rings. The molecule has 2 aromatic rings. The number of hydrogen-bond acceptors (Lipinski definition) is 3. The first-order valence-corrected chi connectivity index (χ1v) is 5.97. The van der Waals surface area contributed by atoms with Crippen LogP contribution in [0.5, 0.6) is 0 Å². The van der Waals surface area contributed by atoms with Crippen molar-refractivity contribution in [1.29, 1.82) is 0 Å². The van der Waals surface area contributed by atoms with Crippen molar-refractivity contribution < 1.29 is 0 Å². The van der Waals surface area contributed by atoms with E-state index in [2.05, 4.69) is 15.1 Å². The molecule has 0 saturated carbocycles. The highest BCUT2D eigenvalue weighted by Crippen LogP contribution is 2.30. The number of aromatic nitrogens is 4. The second-order valence-electron chi connectivity index (χ2n) is 4.07. The van der Waals surface area contributed by atoms with E-state index in [-0.39, 0.29) is 5.92 Å². The first kappa shape index (κ1) is 12.3. The molecule has 0 aliphatic heterocycles. The molecule has 2 rings (SSSR count). The molecule has 2 aromatic heterocycles. The lowest BCUT2D eigenvalue weighted by molar-refractivity contribution is 0.768. The van der Waals surface area contributed by atoms with Crippen LogP contribution >= 0.6 is 23.2 Å². The molecule has 0 N–H and O–H groups in total. The van der Waals surface area contributed by atoms with E-state index < -0.39 is 0 Å². The van der Waals surface area contributed by atoms with E-state index in [4.69, 9.17) is 23.2 Å². The molecule has 0 aliphatic carbocycles. The molecule has 0 bridgehead atoms. The molecule has 17 heavy (non-hydrogen) atoms. The summed E-state index contributed by atoms with van der Waals surface area (Å²) >= 11 is 12.2. The zero-order chi connectivity index (χ0) is 12.6. The minimum atomic E-state index is 0.188. The van der Waals surface area contributed by atoms with Crippen molar-refractivity contribution in [3.05, 3.63) is 28.1 Å². The molecule has 4 nitrogen and oxygen atoms in total. The summed E-state index contributed by atoms with van der Waals surface area (Å²) in [7, 11) is 1.83. The van der Waals surface area contributed by atoms with Gasteiger partial charge in [-0.3, -0.25) is 4.68 Å². The molecule has 0 fully saturated rings. The SMILES string of the molecule is CC(C)c1c(Cl)nc(-c2ccn(C)n2)nc1Cl. The van der Waals surface area contributed by atoms with E-state index in [9.17, 15) is 0 Å². The van der Waals surface area contributed by atoms with Gasteiger partial charge in [-0.1, -0.05) is 37.0 Å². The van der Waals surface area contributed by atoms with Gasteiger partial charge < -0.3 is 0 Å². The van der Waals surface area contributed by atoms with Crippen molar-refractivity contribution in [2.75, 3.05) is 0 Å². The van der Waals surface area contributed by atoms with Gasteiger partial charge in [0.15, 0.2) is 5.82 Å². The van der Waals surface area contributed by atoms with Gasteiger partial charge >= 0.3 is 0 Å². The Hall–Kier alpha value is -1.13. The summed E-state index contributed by atoms with van der Waals surface area (Å²) in [5.74, 6) is 0.637. The summed E-state index contributed by atoms with van der Waals surface area (Å²) in [5.41, 5.74) is 1.43. The van der Waals surface area contributed by atoms with Gasteiger partial charge in [0.2, 0.25) is 0 Å². The molecule has 2 heterocycles. The molecular weight excluding hydrogens is 259 g/mol. The summed E-state index contributed by atoms with van der Waals surface area (Å²) in [6, 6.07) is 1.82. The van der Waals surface area contributed by atoms with Crippen LogP contribution in [0, 0.1) is 0 Å². The molecule has 0 saturated heterocycles. The van der Waals surface area contributed by atoms with Gasteiger partial charge in [0.25, 0.3) is 0 Å². The van der Waals surface area contributed by atoms with Gasteiger partial charge in [0.05, 0.1) is 0 Å². The maximum Gasteiger partial charge on any atom is 0.182 e. The first-order valence-electron chi connectivity index (χ1n) is 5.22. The Morgan fingerprint density at radius 1 is 1.18 bits per heavy atom. The Labute approximate surface area is 110 Å². The van der Waals surface area contributed by atoms with Gasteiger partial charge in [-0.15, -0.1) is 0 Å². The summed E-state index contributed by atoms with van der Waals surface area (Å²) < 4.78 is 1.68. The van der Waals surface area contributed by atoms with Crippen molar-refractivity contribution in [2.45, 2.75) is 19.8 Å². The van der Waals surface area contributed by atoms with Crippen LogP contribution in [0.25, 0.3) is 11.5 Å². The average molecular weight is 271 g/mol. The van der Waals surface area contributed by atoms with Crippen molar-refractivity contribution in [3.8, 4) is 11.5 Å². The van der Waals surface area contributed by atoms with Crippen LogP contribution in [0.4, 0.5) is 0 Å². The number of hydrogen-bond donors (Lipinski definition) is 0. The molecule has 0 spiro atoms. The number of rotatable bonds is 2. The smallest absolute Gasteiger partial charge is 0.182 e. The Morgan fingerprint density at radius 3 is 2.18 bits per heavy atom. The Balaban J connectivity index is 2.52. The summed E-state index contributed by atoms with van der Waals surface area (Å²) in [6.07, 6.45) is 1.82. The molecule has 90 valence electrons. The highest BCUT2D eigenvalue weighted by Gasteiger charge is 2.16. The number of halogens is 2. The molecule has 0 atom stereocenters. The van der Waals surface area contributed by atoms with Gasteiger partial charge in [-0.25, -0.2) is 9.97 Å². The van der Waals surface area contributed by atoms with E-state index in [0.29, 0.717) is 21.8 Å². The van der Waals surface area contributed by atoms with E-state index in [1.165, 1.54) is 0 Å². The lowest BCUT2D eigenvalue weighted by atomic mass is 10.1. The van der Waals surface area contributed by atoms with Crippen LogP contribution in [-0.4, -0.2) is 19.7 Å². The van der Waals surface area contributed by atoms with E-state index in [1.807, 2.05) is 33.2 Å². The zero-order valence-electron chi connectivity index (χ0n) is 9.78. The maximum atomic E-state index is 6.12. The van der Waals surface area contributed by atoms with Crippen molar-refractivity contribution in [2.24, 2.45) is 7.05 Å². The van der Waals surface area contributed by atoms with Crippen LogP contribution in [0.2, 0.25) is 10.3 Å². The minimum Gasteiger partial charge on any atom is -0.275 e. The van der Waals surface area contributed by atoms with Gasteiger partial charge in [0.1, 0.15) is 16.0 Å². The van der Waals surface area contributed by atoms with Crippen molar-refractivity contribution >= 4 is 23.2 Å². The van der Waals surface area contributed by atoms with Crippen LogP contribution < -0.4 is 0 Å². The van der Waals surface area contributed by atoms with Crippen LogP contribution in [-0.2, 0) is 7.05 Å². The third kappa shape index (κ3) is 2.42. The number of aryl methyl sites for hydroxylation is 1. The fourth-order valence-corrected chi connectivity index (χ4v) is 2.37. The van der Waals surface area contributed by atoms with Crippen LogP contribution in [0.3, 0.4) is 0 Å². The maximum absolute atomic E-state index is 6.12. The quantitative estimate of drug-likeness (QED) is 0.787. The van der Waals surface area contributed by atoms with Crippen LogP contribution in [0.15, 0.2) is 12.3 Å². The van der Waals surface area contributed by atoms with Gasteiger partial charge in [-0.05, 0) is 12.0 Å². The van der Waals surface area contributed by atoms with Gasteiger partial charge in [0, 0.05) is 18.8 Å². The molecule has 6 heteroatoms. The standard InChI is InChI=1S/C11H12Cl2N4/c1-6(2)8-9(12)14-11(15-10(8)13)7-4-5-17(3)16-7/h4-6H,1-3H3. The Kier molecular flexibility index (Phi) is 3.35. The molecular formula is C11H12Cl2N4. The lowest BCUT2D eigenvalue weighted by Crippen LogP contribution is -2.00. The third-order valence-electron chi connectivity index (χ3n) is 2.37. The second kappa shape index (κ2) is 4.63. The fraction of sp³-hybridized carbons (Fsp3) is 0.364. The average Bonchev–Trinajstić information content (AvgIpc) is 2.63. The van der Waals surface area contributed by atoms with E-state index in [1.54, 1.807) is 4.68 Å². The summed E-state index contributed by atoms with van der Waals surface area (Å²) in [5, 5.41) is 4.99. The Morgan fingerprint density at radius 2 is 1.76 bits per heavy atom. The molecule has 0 radical (unpaired) electrons. The molecule has 0 aromatic carbocycles.